The van der Waals surface area contributed by atoms with Gasteiger partial charge in [0.05, 0.1) is 12.3 Å². The molecule has 1 aromatic carbocycles. The molecule has 1 heterocycles. The van der Waals surface area contributed by atoms with Crippen molar-refractivity contribution in [1.29, 1.82) is 0 Å². The zero-order valence-corrected chi connectivity index (χ0v) is 11.3. The Balaban J connectivity index is 2.13. The number of nitrogens with zero attached hydrogens (tertiary/aromatic N) is 2. The predicted octanol–water partition coefficient (Wildman–Crippen LogP) is 3.11. The van der Waals surface area contributed by atoms with E-state index in [1.54, 1.807) is 0 Å². The minimum absolute atomic E-state index is 0.00245. The molecule has 0 atom stereocenters. The maximum atomic E-state index is 9.41. The van der Waals surface area contributed by atoms with Crippen molar-refractivity contribution in [2.45, 2.75) is 38.8 Å². The summed E-state index contributed by atoms with van der Waals surface area (Å²) in [7, 11) is 0. The third-order valence-corrected chi connectivity index (χ3v) is 3.66. The second-order valence-corrected chi connectivity index (χ2v) is 5.24. The van der Waals surface area contributed by atoms with Crippen LogP contribution < -0.4 is 4.90 Å². The molecule has 1 aliphatic carbocycles. The van der Waals surface area contributed by atoms with Gasteiger partial charge in [0.2, 0.25) is 0 Å². The third kappa shape index (κ3) is 2.43. The molecule has 100 valence electrons. The first-order valence-corrected chi connectivity index (χ1v) is 7.09. The molecule has 0 spiro atoms. The molecule has 1 N–H and O–H groups in total. The molecule has 3 nitrogen and oxygen atoms in total. The summed E-state index contributed by atoms with van der Waals surface area (Å²) < 4.78 is 0. The number of hydrogen-bond donors (Lipinski definition) is 1. The lowest BCUT2D eigenvalue weighted by Gasteiger charge is -2.25. The largest absolute Gasteiger partial charge is 0.390 e. The molecule has 1 aliphatic rings. The van der Waals surface area contributed by atoms with Crippen LogP contribution in [0.4, 0.5) is 5.82 Å². The van der Waals surface area contributed by atoms with Crippen LogP contribution in [0.1, 0.15) is 31.9 Å². The molecular formula is C16H20N2O. The summed E-state index contributed by atoms with van der Waals surface area (Å²) in [6.45, 7) is 3.24. The first-order valence-electron chi connectivity index (χ1n) is 7.09. The number of aliphatic hydroxyl groups excluding tert-OH is 1. The summed E-state index contributed by atoms with van der Waals surface area (Å²) in [6.07, 6.45) is 3.65. The second-order valence-electron chi connectivity index (χ2n) is 5.24. The fourth-order valence-electron chi connectivity index (χ4n) is 2.62. The molecule has 1 saturated carbocycles. The van der Waals surface area contributed by atoms with Gasteiger partial charge in [0.25, 0.3) is 0 Å². The lowest BCUT2D eigenvalue weighted by molar-refractivity contribution is 0.277. The molecule has 0 saturated heterocycles. The number of anilines is 1. The zero-order chi connectivity index (χ0) is 13.2. The molecule has 1 aromatic heterocycles. The van der Waals surface area contributed by atoms with Gasteiger partial charge in [0.15, 0.2) is 0 Å². The number of hydrogen-bond acceptors (Lipinski definition) is 3. The van der Waals surface area contributed by atoms with Crippen molar-refractivity contribution < 1.29 is 5.11 Å². The van der Waals surface area contributed by atoms with E-state index in [1.165, 1.54) is 23.6 Å². The van der Waals surface area contributed by atoms with Crippen LogP contribution in [-0.4, -0.2) is 22.7 Å². The number of aromatic nitrogens is 1. The van der Waals surface area contributed by atoms with Gasteiger partial charge in [0.1, 0.15) is 5.82 Å². The lowest BCUT2D eigenvalue weighted by atomic mass is 10.1. The van der Waals surface area contributed by atoms with Gasteiger partial charge in [-0.25, -0.2) is 4.98 Å². The highest BCUT2D eigenvalue weighted by molar-refractivity contribution is 5.92. The third-order valence-electron chi connectivity index (χ3n) is 3.66. The van der Waals surface area contributed by atoms with Crippen molar-refractivity contribution in [1.82, 2.24) is 4.98 Å². The molecule has 0 unspecified atom stereocenters. The Kier molecular flexibility index (Phi) is 3.38. The van der Waals surface area contributed by atoms with Gasteiger partial charge < -0.3 is 10.0 Å². The predicted molar refractivity (Wildman–Crippen MR) is 78.3 cm³/mol. The fraction of sp³-hybridized carbons (Fsp3) is 0.438. The Morgan fingerprint density at radius 2 is 2.11 bits per heavy atom. The molecule has 0 radical (unpaired) electrons. The SMILES string of the molecule is CCCN(c1nc(CO)cc2ccccc12)C1CC1. The van der Waals surface area contributed by atoms with Gasteiger partial charge in [0, 0.05) is 18.0 Å². The van der Waals surface area contributed by atoms with E-state index < -0.39 is 0 Å². The molecule has 1 fully saturated rings. The van der Waals surface area contributed by atoms with Crippen LogP contribution in [0.15, 0.2) is 30.3 Å². The van der Waals surface area contributed by atoms with Gasteiger partial charge in [-0.05, 0) is 30.7 Å². The fourth-order valence-corrected chi connectivity index (χ4v) is 2.62. The van der Waals surface area contributed by atoms with E-state index in [0.717, 1.165) is 24.5 Å². The monoisotopic (exact) mass is 256 g/mol. The van der Waals surface area contributed by atoms with E-state index >= 15 is 0 Å². The molecule has 3 rings (SSSR count). The standard InChI is InChI=1S/C16H20N2O/c1-2-9-18(14-7-8-14)16-15-6-4-3-5-12(15)10-13(11-19)17-16/h3-6,10,14,19H,2,7-9,11H2,1H3. The lowest BCUT2D eigenvalue weighted by Crippen LogP contribution is -2.27. The molecule has 3 heteroatoms. The maximum Gasteiger partial charge on any atom is 0.137 e. The summed E-state index contributed by atoms with van der Waals surface area (Å²) in [5.41, 5.74) is 0.760. The number of fused-ring (bicyclic) bond motifs is 1. The maximum absolute atomic E-state index is 9.41. The van der Waals surface area contributed by atoms with E-state index in [-0.39, 0.29) is 6.61 Å². The van der Waals surface area contributed by atoms with E-state index in [9.17, 15) is 5.11 Å². The van der Waals surface area contributed by atoms with Gasteiger partial charge >= 0.3 is 0 Å². The number of rotatable bonds is 5. The van der Waals surface area contributed by atoms with Crippen molar-refractivity contribution in [3.63, 3.8) is 0 Å². The van der Waals surface area contributed by atoms with E-state index in [4.69, 9.17) is 0 Å². The summed E-state index contributed by atoms with van der Waals surface area (Å²) in [6, 6.07) is 10.9. The van der Waals surface area contributed by atoms with Crippen LogP contribution in [0.2, 0.25) is 0 Å². The Morgan fingerprint density at radius 1 is 1.32 bits per heavy atom. The Bertz CT molecular complexity index is 578. The van der Waals surface area contributed by atoms with Crippen LogP contribution in [0.3, 0.4) is 0 Å². The molecule has 0 amide bonds. The van der Waals surface area contributed by atoms with Gasteiger partial charge in [-0.3, -0.25) is 0 Å². The molecule has 0 aliphatic heterocycles. The normalized spacial score (nSPS) is 14.8. The van der Waals surface area contributed by atoms with Gasteiger partial charge in [-0.15, -0.1) is 0 Å². The van der Waals surface area contributed by atoms with E-state index in [2.05, 4.69) is 35.0 Å². The van der Waals surface area contributed by atoms with Crippen molar-refractivity contribution in [3.8, 4) is 0 Å². The smallest absolute Gasteiger partial charge is 0.137 e. The Labute approximate surface area is 113 Å². The van der Waals surface area contributed by atoms with E-state index in [0.29, 0.717) is 6.04 Å². The zero-order valence-electron chi connectivity index (χ0n) is 11.3. The van der Waals surface area contributed by atoms with Gasteiger partial charge in [-0.2, -0.15) is 0 Å². The van der Waals surface area contributed by atoms with Crippen LogP contribution in [0.25, 0.3) is 10.8 Å². The first-order chi connectivity index (χ1) is 9.33. The molecule has 19 heavy (non-hydrogen) atoms. The topological polar surface area (TPSA) is 36.4 Å². The van der Waals surface area contributed by atoms with Crippen LogP contribution >= 0.6 is 0 Å². The summed E-state index contributed by atoms with van der Waals surface area (Å²) in [4.78, 5) is 7.09. The minimum Gasteiger partial charge on any atom is -0.390 e. The van der Waals surface area contributed by atoms with Crippen molar-refractivity contribution in [2.24, 2.45) is 0 Å². The highest BCUT2D eigenvalue weighted by Gasteiger charge is 2.30. The molecule has 0 bridgehead atoms. The van der Waals surface area contributed by atoms with Crippen LogP contribution in [-0.2, 0) is 6.61 Å². The number of benzene rings is 1. The van der Waals surface area contributed by atoms with Crippen molar-refractivity contribution in [3.05, 3.63) is 36.0 Å². The average molecular weight is 256 g/mol. The Hall–Kier alpha value is -1.61. The summed E-state index contributed by atoms with van der Waals surface area (Å²) >= 11 is 0. The summed E-state index contributed by atoms with van der Waals surface area (Å²) in [5.74, 6) is 1.05. The molecule has 2 aromatic rings. The average Bonchev–Trinajstić information content (AvgIpc) is 3.28. The van der Waals surface area contributed by atoms with Gasteiger partial charge in [-0.1, -0.05) is 31.2 Å². The first kappa shape index (κ1) is 12.4. The van der Waals surface area contributed by atoms with E-state index in [1.807, 2.05) is 12.1 Å². The molecular weight excluding hydrogens is 236 g/mol. The quantitative estimate of drug-likeness (QED) is 0.893. The highest BCUT2D eigenvalue weighted by Crippen LogP contribution is 2.35. The van der Waals surface area contributed by atoms with Crippen LogP contribution in [0.5, 0.6) is 0 Å². The second kappa shape index (κ2) is 5.17. The minimum atomic E-state index is 0.00245. The summed E-state index contributed by atoms with van der Waals surface area (Å²) in [5, 5.41) is 11.8. The van der Waals surface area contributed by atoms with Crippen LogP contribution in [0, 0.1) is 0 Å². The highest BCUT2D eigenvalue weighted by atomic mass is 16.3. The Morgan fingerprint density at radius 3 is 2.79 bits per heavy atom. The number of aliphatic hydroxyl groups is 1. The number of pyridine rings is 1. The van der Waals surface area contributed by atoms with Crippen molar-refractivity contribution in [2.75, 3.05) is 11.4 Å². The van der Waals surface area contributed by atoms with Crippen molar-refractivity contribution >= 4 is 16.6 Å².